The molecule has 0 amide bonds. The third kappa shape index (κ3) is 3.16. The lowest BCUT2D eigenvalue weighted by Gasteiger charge is -2.07. The first-order valence-electron chi connectivity index (χ1n) is 5.98. The van der Waals surface area contributed by atoms with Crippen molar-refractivity contribution in [3.63, 3.8) is 0 Å². The molecule has 0 aliphatic rings. The second-order valence-electron chi connectivity index (χ2n) is 4.26. The first kappa shape index (κ1) is 14.1. The van der Waals surface area contributed by atoms with Gasteiger partial charge in [0.05, 0.1) is 32.8 Å². The van der Waals surface area contributed by atoms with Gasteiger partial charge in [-0.25, -0.2) is 0 Å². The maximum absolute atomic E-state index is 12.4. The average Bonchev–Trinajstić information content (AvgIpc) is 2.69. The maximum Gasteiger partial charge on any atom is 0.0703 e. The van der Waals surface area contributed by atoms with Crippen LogP contribution >= 0.6 is 11.6 Å². The van der Waals surface area contributed by atoms with E-state index in [1.54, 1.807) is 18.2 Å². The molecule has 0 spiro atoms. The van der Waals surface area contributed by atoms with Gasteiger partial charge in [-0.15, -0.1) is 0 Å². The van der Waals surface area contributed by atoms with E-state index in [4.69, 9.17) is 17.3 Å². The topological polar surface area (TPSA) is 60.9 Å². The Balaban J connectivity index is 2.25. The van der Waals surface area contributed by atoms with Gasteiger partial charge in [-0.2, -0.15) is 5.10 Å². The molecular weight excluding hydrogens is 282 g/mol. The van der Waals surface area contributed by atoms with Crippen molar-refractivity contribution in [3.8, 4) is 0 Å². The summed E-state index contributed by atoms with van der Waals surface area (Å²) in [6, 6.07) is 6.99. The van der Waals surface area contributed by atoms with Crippen molar-refractivity contribution < 1.29 is 4.21 Å². The molecule has 2 N–H and O–H groups in total. The van der Waals surface area contributed by atoms with E-state index in [0.717, 1.165) is 17.9 Å². The van der Waals surface area contributed by atoms with Crippen molar-refractivity contribution in [1.82, 2.24) is 9.78 Å². The van der Waals surface area contributed by atoms with Gasteiger partial charge in [-0.3, -0.25) is 8.89 Å². The standard InChI is InChI=1S/C13H16ClN3OS/c1-3-17-11(6-9(2)16-17)8-19(18)13-5-4-10(14)7-12(13)15/h4-7H,3,8,15H2,1-2H3. The molecule has 1 aromatic heterocycles. The molecule has 102 valence electrons. The van der Waals surface area contributed by atoms with E-state index in [1.165, 1.54) is 0 Å². The molecule has 1 heterocycles. The van der Waals surface area contributed by atoms with Crippen molar-refractivity contribution in [2.24, 2.45) is 0 Å². The zero-order valence-corrected chi connectivity index (χ0v) is 12.5. The van der Waals surface area contributed by atoms with E-state index in [2.05, 4.69) is 5.10 Å². The lowest BCUT2D eigenvalue weighted by atomic mass is 10.3. The van der Waals surface area contributed by atoms with Gasteiger partial charge in [0, 0.05) is 17.3 Å². The fourth-order valence-electron chi connectivity index (χ4n) is 1.93. The van der Waals surface area contributed by atoms with Gasteiger partial charge in [0.1, 0.15) is 0 Å². The lowest BCUT2D eigenvalue weighted by Crippen LogP contribution is -2.07. The summed E-state index contributed by atoms with van der Waals surface area (Å²) in [6.07, 6.45) is 0. The highest BCUT2D eigenvalue weighted by molar-refractivity contribution is 7.84. The van der Waals surface area contributed by atoms with Crippen LogP contribution < -0.4 is 5.73 Å². The zero-order valence-electron chi connectivity index (χ0n) is 10.9. The number of anilines is 1. The summed E-state index contributed by atoms with van der Waals surface area (Å²) in [5.41, 5.74) is 8.20. The number of aromatic nitrogens is 2. The third-order valence-electron chi connectivity index (χ3n) is 2.78. The normalized spacial score (nSPS) is 12.6. The molecule has 0 aliphatic heterocycles. The molecule has 1 aromatic carbocycles. The number of aryl methyl sites for hydroxylation is 2. The number of benzene rings is 1. The Kier molecular flexibility index (Phi) is 4.27. The highest BCUT2D eigenvalue weighted by Crippen LogP contribution is 2.23. The molecule has 0 aliphatic carbocycles. The molecule has 6 heteroatoms. The molecule has 4 nitrogen and oxygen atoms in total. The first-order chi connectivity index (χ1) is 9.01. The number of nitrogen functional groups attached to an aromatic ring is 1. The Morgan fingerprint density at radius 2 is 2.16 bits per heavy atom. The van der Waals surface area contributed by atoms with Gasteiger partial charge in [-0.1, -0.05) is 11.6 Å². The molecule has 0 saturated heterocycles. The summed E-state index contributed by atoms with van der Waals surface area (Å²) in [5.74, 6) is 0.403. The number of hydrogen-bond donors (Lipinski definition) is 1. The van der Waals surface area contributed by atoms with E-state index in [0.29, 0.717) is 21.4 Å². The maximum atomic E-state index is 12.4. The van der Waals surface area contributed by atoms with Crippen LogP contribution in [0.3, 0.4) is 0 Å². The third-order valence-corrected chi connectivity index (χ3v) is 4.44. The van der Waals surface area contributed by atoms with Crippen molar-refractivity contribution in [3.05, 3.63) is 40.7 Å². The van der Waals surface area contributed by atoms with Crippen LogP contribution in [0.5, 0.6) is 0 Å². The van der Waals surface area contributed by atoms with Crippen molar-refractivity contribution >= 4 is 28.1 Å². The van der Waals surface area contributed by atoms with Crippen molar-refractivity contribution in [2.45, 2.75) is 31.0 Å². The van der Waals surface area contributed by atoms with E-state index in [1.807, 2.05) is 24.6 Å². The Morgan fingerprint density at radius 1 is 1.42 bits per heavy atom. The number of halogens is 1. The number of hydrogen-bond acceptors (Lipinski definition) is 3. The fourth-order valence-corrected chi connectivity index (χ4v) is 3.31. The Labute approximate surface area is 120 Å². The summed E-state index contributed by atoms with van der Waals surface area (Å²) >= 11 is 5.84. The Morgan fingerprint density at radius 3 is 2.79 bits per heavy atom. The number of nitrogens with zero attached hydrogens (tertiary/aromatic N) is 2. The molecule has 2 rings (SSSR count). The van der Waals surface area contributed by atoms with Crippen LogP contribution in [0.25, 0.3) is 0 Å². The number of rotatable bonds is 4. The molecule has 1 unspecified atom stereocenters. The second kappa shape index (κ2) is 5.75. The van der Waals surface area contributed by atoms with Crippen LogP contribution in [0.4, 0.5) is 5.69 Å². The average molecular weight is 298 g/mol. The van der Waals surface area contributed by atoms with Crippen LogP contribution in [0.1, 0.15) is 18.3 Å². The van der Waals surface area contributed by atoms with Crippen LogP contribution in [0.2, 0.25) is 5.02 Å². The minimum Gasteiger partial charge on any atom is -0.398 e. The van der Waals surface area contributed by atoms with Crippen molar-refractivity contribution in [2.75, 3.05) is 5.73 Å². The second-order valence-corrected chi connectivity index (χ2v) is 6.12. The minimum atomic E-state index is -1.20. The molecule has 0 fully saturated rings. The molecule has 0 radical (unpaired) electrons. The van der Waals surface area contributed by atoms with Gasteiger partial charge in [0.15, 0.2) is 0 Å². The largest absolute Gasteiger partial charge is 0.398 e. The fraction of sp³-hybridized carbons (Fsp3) is 0.308. The van der Waals surface area contributed by atoms with Crippen LogP contribution in [-0.2, 0) is 23.1 Å². The minimum absolute atomic E-state index is 0.403. The van der Waals surface area contributed by atoms with Gasteiger partial charge in [0.2, 0.25) is 0 Å². The highest BCUT2D eigenvalue weighted by atomic mass is 35.5. The summed E-state index contributed by atoms with van der Waals surface area (Å²) in [6.45, 7) is 4.70. The summed E-state index contributed by atoms with van der Waals surface area (Å²) in [5, 5.41) is 4.89. The molecule has 0 saturated carbocycles. The van der Waals surface area contributed by atoms with Gasteiger partial charge in [-0.05, 0) is 38.1 Å². The Hall–Kier alpha value is -1.33. The van der Waals surface area contributed by atoms with Gasteiger partial charge >= 0.3 is 0 Å². The van der Waals surface area contributed by atoms with E-state index in [9.17, 15) is 4.21 Å². The highest BCUT2D eigenvalue weighted by Gasteiger charge is 2.13. The van der Waals surface area contributed by atoms with Gasteiger partial charge in [0.25, 0.3) is 0 Å². The lowest BCUT2D eigenvalue weighted by molar-refractivity contribution is 0.627. The number of nitrogens with two attached hydrogens (primary N) is 1. The molecule has 19 heavy (non-hydrogen) atoms. The monoisotopic (exact) mass is 297 g/mol. The van der Waals surface area contributed by atoms with E-state index in [-0.39, 0.29) is 0 Å². The van der Waals surface area contributed by atoms with E-state index < -0.39 is 10.8 Å². The molecule has 2 aromatic rings. The quantitative estimate of drug-likeness (QED) is 0.883. The summed E-state index contributed by atoms with van der Waals surface area (Å²) in [4.78, 5) is 0.617. The molecular formula is C13H16ClN3OS. The summed E-state index contributed by atoms with van der Waals surface area (Å²) < 4.78 is 14.2. The van der Waals surface area contributed by atoms with Crippen molar-refractivity contribution in [1.29, 1.82) is 0 Å². The smallest absolute Gasteiger partial charge is 0.0703 e. The first-order valence-corrected chi connectivity index (χ1v) is 7.67. The predicted molar refractivity (Wildman–Crippen MR) is 78.6 cm³/mol. The van der Waals surface area contributed by atoms with Crippen LogP contribution in [0, 0.1) is 6.92 Å². The Bertz CT molecular complexity index is 624. The predicted octanol–water partition coefficient (Wildman–Crippen LogP) is 2.75. The zero-order chi connectivity index (χ0) is 14.0. The molecule has 1 atom stereocenters. The SMILES string of the molecule is CCn1nc(C)cc1CS(=O)c1ccc(Cl)cc1N. The van der Waals surface area contributed by atoms with E-state index >= 15 is 0 Å². The summed E-state index contributed by atoms with van der Waals surface area (Å²) in [7, 11) is -1.20. The van der Waals surface area contributed by atoms with Crippen LogP contribution in [0.15, 0.2) is 29.2 Å². The van der Waals surface area contributed by atoms with Gasteiger partial charge < -0.3 is 5.73 Å². The van der Waals surface area contributed by atoms with Crippen LogP contribution in [-0.4, -0.2) is 14.0 Å². The molecule has 0 bridgehead atoms.